The van der Waals surface area contributed by atoms with Crippen molar-refractivity contribution in [3.63, 3.8) is 0 Å². The third-order valence-electron chi connectivity index (χ3n) is 4.14. The molecule has 0 radical (unpaired) electrons. The summed E-state index contributed by atoms with van der Waals surface area (Å²) in [6, 6.07) is 9.69. The molecule has 1 aliphatic rings. The predicted molar refractivity (Wildman–Crippen MR) is 68.2 cm³/mol. The van der Waals surface area contributed by atoms with E-state index in [1.807, 2.05) is 30.3 Å². The van der Waals surface area contributed by atoms with Gasteiger partial charge in [0.1, 0.15) is 6.17 Å². The van der Waals surface area contributed by atoms with E-state index in [-0.39, 0.29) is 11.8 Å². The van der Waals surface area contributed by atoms with Gasteiger partial charge in [-0.15, -0.1) is 0 Å². The summed E-state index contributed by atoms with van der Waals surface area (Å²) in [6.45, 7) is 1.68. The highest BCUT2D eigenvalue weighted by Crippen LogP contribution is 2.40. The van der Waals surface area contributed by atoms with Crippen molar-refractivity contribution < 1.29 is 14.3 Å². The highest BCUT2D eigenvalue weighted by molar-refractivity contribution is 5.69. The Hall–Kier alpha value is -1.38. The Morgan fingerprint density at radius 3 is 2.56 bits per heavy atom. The summed E-state index contributed by atoms with van der Waals surface area (Å²) in [7, 11) is 0. The van der Waals surface area contributed by atoms with Crippen LogP contribution in [0.2, 0.25) is 0 Å². The van der Waals surface area contributed by atoms with Crippen molar-refractivity contribution in [2.75, 3.05) is 0 Å². The van der Waals surface area contributed by atoms with E-state index in [0.717, 1.165) is 18.4 Å². The van der Waals surface area contributed by atoms with Crippen LogP contribution in [-0.2, 0) is 4.79 Å². The largest absolute Gasteiger partial charge is 0.481 e. The molecule has 1 aromatic carbocycles. The molecule has 0 bridgehead atoms. The number of hydrogen-bond acceptors (Lipinski definition) is 1. The minimum atomic E-state index is -0.923. The van der Waals surface area contributed by atoms with Gasteiger partial charge in [0.05, 0.1) is 5.92 Å². The molecule has 4 atom stereocenters. The van der Waals surface area contributed by atoms with E-state index in [9.17, 15) is 9.18 Å². The maximum Gasteiger partial charge on any atom is 0.306 e. The Kier molecular flexibility index (Phi) is 4.00. The summed E-state index contributed by atoms with van der Waals surface area (Å²) in [5.41, 5.74) is 1.03. The number of aliphatic carboxylic acids is 1. The van der Waals surface area contributed by atoms with Gasteiger partial charge in [0, 0.05) is 5.92 Å². The second-order valence-corrected chi connectivity index (χ2v) is 5.23. The normalized spacial score (nSPS) is 29.8. The van der Waals surface area contributed by atoms with Gasteiger partial charge in [-0.2, -0.15) is 0 Å². The molecule has 0 spiro atoms. The molecule has 2 nitrogen and oxygen atoms in total. The van der Waals surface area contributed by atoms with E-state index < -0.39 is 18.1 Å². The maximum absolute atomic E-state index is 14.2. The fourth-order valence-corrected chi connectivity index (χ4v) is 2.88. The number of carbonyl (C=O) groups is 1. The Labute approximate surface area is 107 Å². The van der Waals surface area contributed by atoms with Gasteiger partial charge in [-0.05, 0) is 30.7 Å². The van der Waals surface area contributed by atoms with Crippen LogP contribution in [0.3, 0.4) is 0 Å². The SMILES string of the molecule is CC(C(=O)O)C1CCC(c2ccccc2)C(F)C1. The first-order valence-corrected chi connectivity index (χ1v) is 6.51. The van der Waals surface area contributed by atoms with Gasteiger partial charge in [0.2, 0.25) is 0 Å². The lowest BCUT2D eigenvalue weighted by atomic mass is 9.73. The molecule has 0 aromatic heterocycles. The number of carboxylic acid groups (broad SMARTS) is 1. The summed E-state index contributed by atoms with van der Waals surface area (Å²) in [5, 5.41) is 8.98. The number of rotatable bonds is 3. The Balaban J connectivity index is 2.03. The van der Waals surface area contributed by atoms with Gasteiger partial charge in [-0.25, -0.2) is 4.39 Å². The lowest BCUT2D eigenvalue weighted by Crippen LogP contribution is -2.31. The molecule has 0 saturated heterocycles. The first-order valence-electron chi connectivity index (χ1n) is 6.51. The van der Waals surface area contributed by atoms with Crippen LogP contribution in [0.15, 0.2) is 30.3 Å². The van der Waals surface area contributed by atoms with Crippen LogP contribution < -0.4 is 0 Å². The van der Waals surface area contributed by atoms with Gasteiger partial charge in [-0.1, -0.05) is 37.3 Å². The molecule has 1 aromatic rings. The Bertz CT molecular complexity index is 404. The second-order valence-electron chi connectivity index (χ2n) is 5.23. The van der Waals surface area contributed by atoms with Crippen molar-refractivity contribution in [3.05, 3.63) is 35.9 Å². The van der Waals surface area contributed by atoms with Crippen LogP contribution >= 0.6 is 0 Å². The van der Waals surface area contributed by atoms with Crippen molar-refractivity contribution >= 4 is 5.97 Å². The second kappa shape index (κ2) is 5.51. The molecule has 2 rings (SSSR count). The molecule has 3 heteroatoms. The van der Waals surface area contributed by atoms with Gasteiger partial charge in [0.25, 0.3) is 0 Å². The standard InChI is InChI=1S/C15H19FO2/c1-10(15(17)18)12-7-8-13(14(16)9-12)11-5-3-2-4-6-11/h2-6,10,12-14H,7-9H2,1H3,(H,17,18). The van der Waals surface area contributed by atoms with Gasteiger partial charge in [-0.3, -0.25) is 4.79 Å². The molecule has 1 aliphatic carbocycles. The lowest BCUT2D eigenvalue weighted by Gasteiger charge is -2.33. The highest BCUT2D eigenvalue weighted by Gasteiger charge is 2.35. The molecule has 0 heterocycles. The molecule has 98 valence electrons. The zero-order valence-corrected chi connectivity index (χ0v) is 10.6. The zero-order chi connectivity index (χ0) is 13.1. The van der Waals surface area contributed by atoms with E-state index in [1.165, 1.54) is 0 Å². The first-order chi connectivity index (χ1) is 8.59. The van der Waals surface area contributed by atoms with Gasteiger partial charge in [0.15, 0.2) is 0 Å². The zero-order valence-electron chi connectivity index (χ0n) is 10.6. The van der Waals surface area contributed by atoms with Crippen molar-refractivity contribution in [3.8, 4) is 0 Å². The van der Waals surface area contributed by atoms with Gasteiger partial charge < -0.3 is 5.11 Å². The predicted octanol–water partition coefficient (Wildman–Crippen LogP) is 3.63. The minimum absolute atomic E-state index is 0.0301. The average Bonchev–Trinajstić information content (AvgIpc) is 2.38. The quantitative estimate of drug-likeness (QED) is 0.889. The van der Waals surface area contributed by atoms with E-state index in [0.29, 0.717) is 6.42 Å². The molecule has 0 amide bonds. The van der Waals surface area contributed by atoms with E-state index in [4.69, 9.17) is 5.11 Å². The number of alkyl halides is 1. The smallest absolute Gasteiger partial charge is 0.306 e. The first kappa shape index (κ1) is 13.1. The summed E-state index contributed by atoms with van der Waals surface area (Å²) in [4.78, 5) is 10.9. The Morgan fingerprint density at radius 2 is 2.00 bits per heavy atom. The van der Waals surface area contributed by atoms with Crippen LogP contribution in [0.5, 0.6) is 0 Å². The molecular weight excluding hydrogens is 231 g/mol. The summed E-state index contributed by atoms with van der Waals surface area (Å²) >= 11 is 0. The van der Waals surface area contributed by atoms with Crippen LogP contribution in [0.25, 0.3) is 0 Å². The average molecular weight is 250 g/mol. The van der Waals surface area contributed by atoms with Crippen molar-refractivity contribution in [1.82, 2.24) is 0 Å². The van der Waals surface area contributed by atoms with Gasteiger partial charge >= 0.3 is 5.97 Å². The third-order valence-corrected chi connectivity index (χ3v) is 4.14. The number of benzene rings is 1. The fraction of sp³-hybridized carbons (Fsp3) is 0.533. The summed E-state index contributed by atoms with van der Waals surface area (Å²) in [6.07, 6.45) is 0.987. The molecule has 1 saturated carbocycles. The van der Waals surface area contributed by atoms with Crippen molar-refractivity contribution in [1.29, 1.82) is 0 Å². The van der Waals surface area contributed by atoms with Crippen molar-refractivity contribution in [2.24, 2.45) is 11.8 Å². The van der Waals surface area contributed by atoms with Crippen molar-refractivity contribution in [2.45, 2.75) is 38.3 Å². The highest BCUT2D eigenvalue weighted by atomic mass is 19.1. The molecule has 0 aliphatic heterocycles. The number of hydrogen-bond donors (Lipinski definition) is 1. The number of carboxylic acids is 1. The van der Waals surface area contributed by atoms with E-state index in [1.54, 1.807) is 6.92 Å². The molecule has 4 unspecified atom stereocenters. The number of halogens is 1. The maximum atomic E-state index is 14.2. The monoisotopic (exact) mass is 250 g/mol. The minimum Gasteiger partial charge on any atom is -0.481 e. The Morgan fingerprint density at radius 1 is 1.33 bits per heavy atom. The molecule has 1 N–H and O–H groups in total. The third kappa shape index (κ3) is 2.71. The summed E-state index contributed by atoms with van der Waals surface area (Å²) < 4.78 is 14.2. The van der Waals surface area contributed by atoms with Crippen LogP contribution in [-0.4, -0.2) is 17.2 Å². The van der Waals surface area contributed by atoms with E-state index in [2.05, 4.69) is 0 Å². The van der Waals surface area contributed by atoms with Crippen LogP contribution in [0, 0.1) is 11.8 Å². The fourth-order valence-electron chi connectivity index (χ4n) is 2.88. The topological polar surface area (TPSA) is 37.3 Å². The molecule has 18 heavy (non-hydrogen) atoms. The lowest BCUT2D eigenvalue weighted by molar-refractivity contribution is -0.143. The molecule has 1 fully saturated rings. The molecular formula is C15H19FO2. The van der Waals surface area contributed by atoms with Crippen LogP contribution in [0.1, 0.15) is 37.7 Å². The summed E-state index contributed by atoms with van der Waals surface area (Å²) in [5.74, 6) is -1.36. The van der Waals surface area contributed by atoms with Crippen LogP contribution in [0.4, 0.5) is 4.39 Å². The van der Waals surface area contributed by atoms with E-state index >= 15 is 0 Å².